The third-order valence-corrected chi connectivity index (χ3v) is 3.01. The summed E-state index contributed by atoms with van der Waals surface area (Å²) in [5, 5.41) is 17.7. The van der Waals surface area contributed by atoms with Gasteiger partial charge < -0.3 is 15.1 Å². The molecule has 6 nitrogen and oxygen atoms in total. The topological polar surface area (TPSA) is 90.7 Å². The van der Waals surface area contributed by atoms with Crippen molar-refractivity contribution in [2.24, 2.45) is 0 Å². The number of nitrogens with zero attached hydrogens (tertiary/aromatic N) is 2. The van der Waals surface area contributed by atoms with Crippen LogP contribution in [0, 0.1) is 0 Å². The van der Waals surface area contributed by atoms with E-state index in [4.69, 9.17) is 10.2 Å². The van der Waals surface area contributed by atoms with E-state index in [1.54, 1.807) is 30.3 Å². The van der Waals surface area contributed by atoms with Crippen molar-refractivity contribution < 1.29 is 19.8 Å². The van der Waals surface area contributed by atoms with Crippen LogP contribution in [-0.2, 0) is 6.54 Å². The molecule has 1 heterocycles. The van der Waals surface area contributed by atoms with Crippen LogP contribution in [0.25, 0.3) is 0 Å². The zero-order valence-electron chi connectivity index (χ0n) is 11.4. The normalized spacial score (nSPS) is 10.1. The van der Waals surface area contributed by atoms with Gasteiger partial charge in [-0.15, -0.1) is 0 Å². The number of hydrogen-bond acceptors (Lipinski definition) is 4. The minimum Gasteiger partial charge on any atom is -0.478 e. The maximum atomic E-state index is 10.8. The highest BCUT2D eigenvalue weighted by molar-refractivity contribution is 5.87. The number of aromatic carboxylic acids is 2. The third-order valence-electron chi connectivity index (χ3n) is 3.01. The van der Waals surface area contributed by atoms with Gasteiger partial charge in [-0.05, 0) is 29.8 Å². The van der Waals surface area contributed by atoms with Gasteiger partial charge in [-0.25, -0.2) is 14.6 Å². The summed E-state index contributed by atoms with van der Waals surface area (Å²) in [5.41, 5.74) is 1.31. The van der Waals surface area contributed by atoms with Crippen LogP contribution < -0.4 is 4.90 Å². The Hall–Kier alpha value is -2.89. The van der Waals surface area contributed by atoms with Gasteiger partial charge >= 0.3 is 11.9 Å². The fourth-order valence-electron chi connectivity index (χ4n) is 1.85. The number of carboxylic acids is 2. The van der Waals surface area contributed by atoms with Gasteiger partial charge in [-0.2, -0.15) is 0 Å². The second-order valence-corrected chi connectivity index (χ2v) is 4.57. The molecule has 0 aliphatic carbocycles. The number of anilines is 1. The zero-order chi connectivity index (χ0) is 15.4. The van der Waals surface area contributed by atoms with Crippen LogP contribution in [0.3, 0.4) is 0 Å². The van der Waals surface area contributed by atoms with Crippen molar-refractivity contribution in [2.45, 2.75) is 6.54 Å². The van der Waals surface area contributed by atoms with Gasteiger partial charge in [0.1, 0.15) is 5.82 Å². The fourth-order valence-corrected chi connectivity index (χ4v) is 1.85. The number of rotatable bonds is 5. The van der Waals surface area contributed by atoms with E-state index >= 15 is 0 Å². The lowest BCUT2D eigenvalue weighted by Crippen LogP contribution is -2.18. The molecule has 0 unspecified atom stereocenters. The van der Waals surface area contributed by atoms with Crippen LogP contribution >= 0.6 is 0 Å². The molecule has 6 heteroatoms. The molecule has 0 aliphatic rings. The molecule has 0 aliphatic heterocycles. The molecule has 2 rings (SSSR count). The molecule has 2 N–H and O–H groups in total. The van der Waals surface area contributed by atoms with Crippen molar-refractivity contribution in [2.75, 3.05) is 11.9 Å². The summed E-state index contributed by atoms with van der Waals surface area (Å²) in [7, 11) is 1.83. The highest BCUT2D eigenvalue weighted by Crippen LogP contribution is 2.14. The standard InChI is InChI=1S/C15H14N2O4/c1-17(13-7-6-12(8-16-13)15(20)21)9-10-2-4-11(5-3-10)14(18)19/h2-8H,9H2,1H3,(H,18,19)(H,20,21). The third kappa shape index (κ3) is 3.56. The minimum absolute atomic E-state index is 0.137. The Bertz CT molecular complexity index is 650. The molecule has 21 heavy (non-hydrogen) atoms. The Morgan fingerprint density at radius 2 is 1.57 bits per heavy atom. The Labute approximate surface area is 121 Å². The summed E-state index contributed by atoms with van der Waals surface area (Å²) in [5.74, 6) is -1.33. The number of aromatic nitrogens is 1. The van der Waals surface area contributed by atoms with Gasteiger partial charge in [0, 0.05) is 19.8 Å². The predicted molar refractivity (Wildman–Crippen MR) is 76.7 cm³/mol. The van der Waals surface area contributed by atoms with Crippen molar-refractivity contribution in [3.05, 3.63) is 59.3 Å². The molecule has 0 saturated heterocycles. The largest absolute Gasteiger partial charge is 0.478 e. The average molecular weight is 286 g/mol. The van der Waals surface area contributed by atoms with E-state index < -0.39 is 11.9 Å². The summed E-state index contributed by atoms with van der Waals surface area (Å²) in [6.07, 6.45) is 1.31. The van der Waals surface area contributed by atoms with E-state index in [-0.39, 0.29) is 11.1 Å². The lowest BCUT2D eigenvalue weighted by Gasteiger charge is -2.18. The second kappa shape index (κ2) is 6.04. The van der Waals surface area contributed by atoms with Gasteiger partial charge in [0.2, 0.25) is 0 Å². The number of hydrogen-bond donors (Lipinski definition) is 2. The van der Waals surface area contributed by atoms with Crippen molar-refractivity contribution in [1.29, 1.82) is 0 Å². The maximum absolute atomic E-state index is 10.8. The van der Waals surface area contributed by atoms with E-state index in [1.165, 1.54) is 12.3 Å². The molecule has 0 radical (unpaired) electrons. The summed E-state index contributed by atoms with van der Waals surface area (Å²) in [6.45, 7) is 0.541. The molecule has 0 saturated carbocycles. The molecule has 0 spiro atoms. The van der Waals surface area contributed by atoms with Gasteiger partial charge in [-0.3, -0.25) is 0 Å². The first kappa shape index (κ1) is 14.5. The summed E-state index contributed by atoms with van der Waals surface area (Å²) in [6, 6.07) is 9.71. The summed E-state index contributed by atoms with van der Waals surface area (Å²) >= 11 is 0. The average Bonchev–Trinajstić information content (AvgIpc) is 2.47. The predicted octanol–water partition coefficient (Wildman–Crippen LogP) is 2.11. The summed E-state index contributed by atoms with van der Waals surface area (Å²) < 4.78 is 0. The highest BCUT2D eigenvalue weighted by Gasteiger charge is 2.07. The number of pyridine rings is 1. The number of carbonyl (C=O) groups is 2. The van der Waals surface area contributed by atoms with Gasteiger partial charge in [0.15, 0.2) is 0 Å². The van der Waals surface area contributed by atoms with Crippen LogP contribution in [0.15, 0.2) is 42.6 Å². The van der Waals surface area contributed by atoms with Crippen LogP contribution in [0.1, 0.15) is 26.3 Å². The van der Waals surface area contributed by atoms with E-state index in [0.717, 1.165) is 5.56 Å². The molecule has 1 aromatic carbocycles. The first-order chi connectivity index (χ1) is 9.97. The first-order valence-electron chi connectivity index (χ1n) is 6.20. The van der Waals surface area contributed by atoms with Crippen LogP contribution in [0.5, 0.6) is 0 Å². The molecule has 2 aromatic rings. The summed E-state index contributed by atoms with van der Waals surface area (Å²) in [4.78, 5) is 27.5. The van der Waals surface area contributed by atoms with Crippen molar-refractivity contribution in [3.8, 4) is 0 Å². The van der Waals surface area contributed by atoms with Crippen molar-refractivity contribution in [3.63, 3.8) is 0 Å². The molecule has 0 amide bonds. The van der Waals surface area contributed by atoms with E-state index in [2.05, 4.69) is 4.98 Å². The van der Waals surface area contributed by atoms with Crippen molar-refractivity contribution in [1.82, 2.24) is 4.98 Å². The minimum atomic E-state index is -1.01. The highest BCUT2D eigenvalue weighted by atomic mass is 16.4. The molecule has 1 aromatic heterocycles. The van der Waals surface area contributed by atoms with Gasteiger partial charge in [0.25, 0.3) is 0 Å². The Kier molecular flexibility index (Phi) is 4.18. The molecule has 0 atom stereocenters. The van der Waals surface area contributed by atoms with E-state index in [0.29, 0.717) is 12.4 Å². The first-order valence-corrected chi connectivity index (χ1v) is 6.20. The number of benzene rings is 1. The lowest BCUT2D eigenvalue weighted by atomic mass is 10.1. The molecule has 0 bridgehead atoms. The molecular formula is C15H14N2O4. The van der Waals surface area contributed by atoms with Gasteiger partial charge in [0.05, 0.1) is 11.1 Å². The maximum Gasteiger partial charge on any atom is 0.337 e. The Morgan fingerprint density at radius 3 is 2.05 bits per heavy atom. The van der Waals surface area contributed by atoms with Crippen LogP contribution in [-0.4, -0.2) is 34.2 Å². The van der Waals surface area contributed by atoms with Crippen LogP contribution in [0.2, 0.25) is 0 Å². The molecule has 0 fully saturated rings. The monoisotopic (exact) mass is 286 g/mol. The van der Waals surface area contributed by atoms with E-state index in [1.807, 2.05) is 11.9 Å². The van der Waals surface area contributed by atoms with Crippen LogP contribution in [0.4, 0.5) is 5.82 Å². The number of carboxylic acid groups (broad SMARTS) is 2. The van der Waals surface area contributed by atoms with Gasteiger partial charge in [-0.1, -0.05) is 12.1 Å². The lowest BCUT2D eigenvalue weighted by molar-refractivity contribution is 0.0686. The smallest absolute Gasteiger partial charge is 0.337 e. The molecule has 108 valence electrons. The SMILES string of the molecule is CN(Cc1ccc(C(=O)O)cc1)c1ccc(C(=O)O)cn1. The van der Waals surface area contributed by atoms with E-state index in [9.17, 15) is 9.59 Å². The fraction of sp³-hybridized carbons (Fsp3) is 0.133. The van der Waals surface area contributed by atoms with Crippen molar-refractivity contribution >= 4 is 17.8 Å². The quantitative estimate of drug-likeness (QED) is 0.874. The second-order valence-electron chi connectivity index (χ2n) is 4.57. The Morgan fingerprint density at radius 1 is 1.00 bits per heavy atom. The zero-order valence-corrected chi connectivity index (χ0v) is 11.4. The molecular weight excluding hydrogens is 272 g/mol. The Balaban J connectivity index is 2.08.